The highest BCUT2D eigenvalue weighted by molar-refractivity contribution is 7.15. The van der Waals surface area contributed by atoms with Gasteiger partial charge in [-0.1, -0.05) is 12.5 Å². The molecule has 1 unspecified atom stereocenters. The number of carbonyl (C=O) groups is 2. The summed E-state index contributed by atoms with van der Waals surface area (Å²) in [6.45, 7) is 4.00. The van der Waals surface area contributed by atoms with Crippen molar-refractivity contribution in [2.24, 2.45) is 0 Å². The van der Waals surface area contributed by atoms with E-state index >= 15 is 0 Å². The quantitative estimate of drug-likeness (QED) is 0.243. The summed E-state index contributed by atoms with van der Waals surface area (Å²) in [4.78, 5) is 42.9. The van der Waals surface area contributed by atoms with Crippen LogP contribution in [0.15, 0.2) is 35.3 Å². The first kappa shape index (κ1) is 30.8. The number of hydrogen-bond acceptors (Lipinski definition) is 9. The molecule has 1 aromatic heterocycles. The third-order valence-electron chi connectivity index (χ3n) is 7.18. The summed E-state index contributed by atoms with van der Waals surface area (Å²) in [6.07, 6.45) is 5.75. The van der Waals surface area contributed by atoms with Crippen molar-refractivity contribution >= 4 is 34.0 Å². The third-order valence-corrected chi connectivity index (χ3v) is 8.01. The highest BCUT2D eigenvalue weighted by Gasteiger charge is 2.29. The average molecular weight is 595 g/mol. The lowest BCUT2D eigenvalue weighted by Crippen LogP contribution is -2.26. The van der Waals surface area contributed by atoms with Crippen molar-refractivity contribution in [3.8, 4) is 28.4 Å². The second-order valence-electron chi connectivity index (χ2n) is 10.2. The van der Waals surface area contributed by atoms with E-state index in [1.165, 1.54) is 18.3 Å². The molecule has 11 heteroatoms. The molecule has 0 bridgehead atoms. The standard InChI is InChI=1S/C31H38N4O6S/c1-18-17-33-31(42-18)35-27(38)9-7-6-8-14-32-24-13-11-21-22(16-25(24)37)23(34-19(2)36)12-10-20-15-26(39-3)29(40-4)30(41-5)28(20)21/h11,13,15-17,23H,6-10,12,14H2,1-5H3,(H,32,37)(H,34,36)(H,33,35,38). The molecule has 0 saturated carbocycles. The summed E-state index contributed by atoms with van der Waals surface area (Å²) in [5.74, 6) is 1.31. The number of aryl methyl sites for hydroxylation is 2. The maximum Gasteiger partial charge on any atom is 0.226 e. The lowest BCUT2D eigenvalue weighted by atomic mass is 9.95. The van der Waals surface area contributed by atoms with E-state index < -0.39 is 0 Å². The van der Waals surface area contributed by atoms with Crippen molar-refractivity contribution in [2.45, 2.75) is 58.4 Å². The van der Waals surface area contributed by atoms with E-state index in [1.807, 2.05) is 19.1 Å². The minimum Gasteiger partial charge on any atom is -0.493 e. The number of anilines is 2. The summed E-state index contributed by atoms with van der Waals surface area (Å²) in [7, 11) is 4.71. The van der Waals surface area contributed by atoms with Crippen molar-refractivity contribution in [3.05, 3.63) is 56.7 Å². The zero-order chi connectivity index (χ0) is 30.2. The van der Waals surface area contributed by atoms with Crippen LogP contribution in [-0.2, 0) is 16.0 Å². The first-order valence-electron chi connectivity index (χ1n) is 14.0. The SMILES string of the molecule is COc1cc2c(c(OC)c1OC)-c1ccc(NCCCCCC(=O)Nc3ncc(C)s3)c(=O)cc1C(NC(C)=O)CC2. The van der Waals surface area contributed by atoms with Gasteiger partial charge in [0.15, 0.2) is 16.6 Å². The fraction of sp³-hybridized carbons (Fsp3) is 0.419. The molecule has 2 amide bonds. The molecule has 10 nitrogen and oxygen atoms in total. The van der Waals surface area contributed by atoms with Gasteiger partial charge in [-0.05, 0) is 67.5 Å². The Bertz CT molecular complexity index is 1510. The van der Waals surface area contributed by atoms with E-state index in [1.54, 1.807) is 39.7 Å². The van der Waals surface area contributed by atoms with Gasteiger partial charge in [-0.3, -0.25) is 14.4 Å². The molecule has 4 rings (SSSR count). The van der Waals surface area contributed by atoms with Crippen LogP contribution in [0.2, 0.25) is 0 Å². The summed E-state index contributed by atoms with van der Waals surface area (Å²) in [5, 5.41) is 9.74. The number of hydrogen-bond donors (Lipinski definition) is 3. The summed E-state index contributed by atoms with van der Waals surface area (Å²) >= 11 is 1.45. The smallest absolute Gasteiger partial charge is 0.226 e. The summed E-state index contributed by atoms with van der Waals surface area (Å²) in [6, 6.07) is 6.85. The Morgan fingerprint density at radius 2 is 1.83 bits per heavy atom. The Morgan fingerprint density at radius 3 is 2.50 bits per heavy atom. The van der Waals surface area contributed by atoms with Crippen LogP contribution < -0.4 is 35.6 Å². The predicted molar refractivity (Wildman–Crippen MR) is 165 cm³/mol. The van der Waals surface area contributed by atoms with Crippen LogP contribution >= 0.6 is 11.3 Å². The van der Waals surface area contributed by atoms with E-state index in [0.29, 0.717) is 59.4 Å². The van der Waals surface area contributed by atoms with Crippen LogP contribution in [0.1, 0.15) is 61.1 Å². The molecule has 1 aliphatic carbocycles. The number of unbranched alkanes of at least 4 members (excludes halogenated alkanes) is 2. The highest BCUT2D eigenvalue weighted by Crippen LogP contribution is 2.50. The van der Waals surface area contributed by atoms with E-state index in [2.05, 4.69) is 20.9 Å². The van der Waals surface area contributed by atoms with Gasteiger partial charge in [0.1, 0.15) is 0 Å². The van der Waals surface area contributed by atoms with Crippen molar-refractivity contribution in [1.29, 1.82) is 0 Å². The van der Waals surface area contributed by atoms with Crippen LogP contribution in [0.5, 0.6) is 17.2 Å². The van der Waals surface area contributed by atoms with Gasteiger partial charge < -0.3 is 30.2 Å². The normalized spacial score (nSPS) is 13.7. The molecule has 0 fully saturated rings. The zero-order valence-corrected chi connectivity index (χ0v) is 25.5. The maximum absolute atomic E-state index is 13.4. The number of fused-ring (bicyclic) bond motifs is 3. The number of ether oxygens (including phenoxy) is 3. The van der Waals surface area contributed by atoms with Crippen LogP contribution in [0.4, 0.5) is 10.8 Å². The Kier molecular flexibility index (Phi) is 10.4. The molecule has 3 N–H and O–H groups in total. The Labute approximate surface area is 249 Å². The number of aromatic nitrogens is 1. The Morgan fingerprint density at radius 1 is 1.05 bits per heavy atom. The average Bonchev–Trinajstić information content (AvgIpc) is 3.22. The highest BCUT2D eigenvalue weighted by atomic mass is 32.1. The lowest BCUT2D eigenvalue weighted by molar-refractivity contribution is -0.119. The fourth-order valence-corrected chi connectivity index (χ4v) is 5.94. The van der Waals surface area contributed by atoms with Gasteiger partial charge in [0.05, 0.1) is 33.1 Å². The molecule has 1 aliphatic rings. The van der Waals surface area contributed by atoms with E-state index in [9.17, 15) is 14.4 Å². The number of nitrogens with zero attached hydrogens (tertiary/aromatic N) is 1. The first-order valence-corrected chi connectivity index (χ1v) is 14.8. The molecular formula is C31H38N4O6S. The molecule has 3 aromatic rings. The molecule has 0 spiro atoms. The van der Waals surface area contributed by atoms with E-state index in [4.69, 9.17) is 14.2 Å². The molecule has 224 valence electrons. The topological polar surface area (TPSA) is 128 Å². The van der Waals surface area contributed by atoms with Gasteiger partial charge >= 0.3 is 0 Å². The molecule has 0 radical (unpaired) electrons. The molecule has 0 saturated heterocycles. The van der Waals surface area contributed by atoms with Crippen LogP contribution in [0.3, 0.4) is 0 Å². The molecular weight excluding hydrogens is 556 g/mol. The second kappa shape index (κ2) is 14.2. The van der Waals surface area contributed by atoms with Gasteiger partial charge in [0, 0.05) is 36.5 Å². The first-order chi connectivity index (χ1) is 20.2. The van der Waals surface area contributed by atoms with Crippen LogP contribution in [0, 0.1) is 6.92 Å². The van der Waals surface area contributed by atoms with Gasteiger partial charge in [0.25, 0.3) is 0 Å². The molecule has 1 heterocycles. The zero-order valence-electron chi connectivity index (χ0n) is 24.7. The predicted octanol–water partition coefficient (Wildman–Crippen LogP) is 5.24. The van der Waals surface area contributed by atoms with Gasteiger partial charge in [-0.2, -0.15) is 0 Å². The largest absolute Gasteiger partial charge is 0.493 e. The summed E-state index contributed by atoms with van der Waals surface area (Å²) < 4.78 is 17.1. The number of nitrogens with one attached hydrogen (secondary N) is 3. The number of carbonyl (C=O) groups excluding carboxylic acids is 2. The lowest BCUT2D eigenvalue weighted by Gasteiger charge is -2.19. The van der Waals surface area contributed by atoms with E-state index in [0.717, 1.165) is 40.8 Å². The Balaban J connectivity index is 1.53. The van der Waals surface area contributed by atoms with E-state index in [-0.39, 0.29) is 23.3 Å². The third kappa shape index (κ3) is 7.20. The molecule has 0 aliphatic heterocycles. The summed E-state index contributed by atoms with van der Waals surface area (Å²) in [5.41, 5.74) is 3.57. The number of rotatable bonds is 12. The maximum atomic E-state index is 13.4. The van der Waals surface area contributed by atoms with Gasteiger partial charge in [-0.25, -0.2) is 4.98 Å². The van der Waals surface area contributed by atoms with Crippen molar-refractivity contribution in [2.75, 3.05) is 38.5 Å². The minimum absolute atomic E-state index is 0.0468. The number of thiazole rings is 1. The van der Waals surface area contributed by atoms with Crippen molar-refractivity contribution in [1.82, 2.24) is 10.3 Å². The van der Waals surface area contributed by atoms with Crippen molar-refractivity contribution in [3.63, 3.8) is 0 Å². The number of benzene rings is 1. The number of methoxy groups -OCH3 is 3. The van der Waals surface area contributed by atoms with Crippen LogP contribution in [-0.4, -0.2) is 44.7 Å². The van der Waals surface area contributed by atoms with Crippen LogP contribution in [0.25, 0.3) is 11.1 Å². The van der Waals surface area contributed by atoms with Crippen molar-refractivity contribution < 1.29 is 23.8 Å². The fourth-order valence-electron chi connectivity index (χ4n) is 5.26. The second-order valence-corrected chi connectivity index (χ2v) is 11.4. The Hall–Kier alpha value is -4.12. The monoisotopic (exact) mass is 594 g/mol. The molecule has 42 heavy (non-hydrogen) atoms. The van der Waals surface area contributed by atoms with Gasteiger partial charge in [-0.15, -0.1) is 11.3 Å². The molecule has 2 aromatic carbocycles. The van der Waals surface area contributed by atoms with Gasteiger partial charge in [0.2, 0.25) is 23.0 Å². The minimum atomic E-state index is -0.362. The number of amides is 2. The molecule has 1 atom stereocenters.